The molecule has 1 amide bonds. The Bertz CT molecular complexity index is 500. The number of nitrogens with zero attached hydrogens (tertiary/aromatic N) is 1. The molecule has 1 aromatic rings. The zero-order chi connectivity index (χ0) is 17.6. The monoisotopic (exact) mass is 334 g/mol. The lowest BCUT2D eigenvalue weighted by Gasteiger charge is -2.12. The minimum Gasteiger partial charge on any atom is -0.508 e. The molecule has 0 heterocycles. The van der Waals surface area contributed by atoms with Crippen molar-refractivity contribution in [2.45, 2.75) is 39.5 Å². The van der Waals surface area contributed by atoms with Crippen molar-refractivity contribution < 1.29 is 9.90 Å². The van der Waals surface area contributed by atoms with E-state index in [0.717, 1.165) is 25.5 Å². The fourth-order valence-corrected chi connectivity index (χ4v) is 2.14. The first kappa shape index (κ1) is 19.8. The molecule has 6 heteroatoms. The molecule has 24 heavy (non-hydrogen) atoms. The predicted octanol–water partition coefficient (Wildman–Crippen LogP) is 2.26. The van der Waals surface area contributed by atoms with Crippen LogP contribution in [-0.4, -0.2) is 43.2 Å². The Morgan fingerprint density at radius 2 is 1.71 bits per heavy atom. The summed E-state index contributed by atoms with van der Waals surface area (Å²) in [5.41, 5.74) is 0.532. The van der Waals surface area contributed by atoms with Crippen LogP contribution in [-0.2, 0) is 0 Å². The van der Waals surface area contributed by atoms with E-state index in [9.17, 15) is 9.90 Å². The van der Waals surface area contributed by atoms with Crippen LogP contribution in [0.15, 0.2) is 29.3 Å². The van der Waals surface area contributed by atoms with Crippen LogP contribution in [0.5, 0.6) is 5.75 Å². The quantitative estimate of drug-likeness (QED) is 0.300. The molecule has 6 nitrogen and oxygen atoms in total. The summed E-state index contributed by atoms with van der Waals surface area (Å²) in [5.74, 6) is 0.782. The van der Waals surface area contributed by atoms with E-state index in [2.05, 4.69) is 27.9 Å². The highest BCUT2D eigenvalue weighted by Crippen LogP contribution is 2.09. The Hall–Kier alpha value is -2.24. The fraction of sp³-hybridized carbons (Fsp3) is 0.556. The summed E-state index contributed by atoms with van der Waals surface area (Å²) in [4.78, 5) is 16.5. The summed E-state index contributed by atoms with van der Waals surface area (Å²) in [6, 6.07) is 6.20. The van der Waals surface area contributed by atoms with Gasteiger partial charge in [-0.1, -0.05) is 26.2 Å². The van der Waals surface area contributed by atoms with Crippen molar-refractivity contribution in [3.8, 4) is 5.75 Å². The molecule has 4 N–H and O–H groups in total. The maximum absolute atomic E-state index is 11.9. The fourth-order valence-electron chi connectivity index (χ4n) is 2.14. The van der Waals surface area contributed by atoms with Crippen molar-refractivity contribution in [1.29, 1.82) is 0 Å². The molecule has 0 saturated heterocycles. The number of phenols is 1. The molecule has 0 aliphatic rings. The Morgan fingerprint density at radius 3 is 2.38 bits per heavy atom. The van der Waals surface area contributed by atoms with Crippen molar-refractivity contribution >= 4 is 11.9 Å². The molecule has 0 aliphatic carbocycles. The van der Waals surface area contributed by atoms with Gasteiger partial charge in [-0.05, 0) is 37.6 Å². The summed E-state index contributed by atoms with van der Waals surface area (Å²) < 4.78 is 0. The number of aliphatic imine (C=N–C) groups is 1. The normalized spacial score (nSPS) is 11.2. The second kappa shape index (κ2) is 12.2. The smallest absolute Gasteiger partial charge is 0.251 e. The number of hydrogen-bond acceptors (Lipinski definition) is 3. The number of hydrogen-bond donors (Lipinski definition) is 4. The van der Waals surface area contributed by atoms with Crippen molar-refractivity contribution in [2.75, 3.05) is 26.2 Å². The van der Waals surface area contributed by atoms with Gasteiger partial charge in [-0.2, -0.15) is 0 Å². The summed E-state index contributed by atoms with van der Waals surface area (Å²) in [6.45, 7) is 6.95. The first-order valence-electron chi connectivity index (χ1n) is 8.76. The Labute approximate surface area is 144 Å². The number of guanidine groups is 1. The molecule has 0 bridgehead atoms. The molecular weight excluding hydrogens is 304 g/mol. The molecule has 134 valence electrons. The third-order valence-electron chi connectivity index (χ3n) is 3.46. The number of nitrogens with one attached hydrogen (secondary N) is 3. The number of phenolic OH excluding ortho intramolecular Hbond substituents is 1. The molecular formula is C18H30N4O2. The zero-order valence-electron chi connectivity index (χ0n) is 14.8. The highest BCUT2D eigenvalue weighted by Gasteiger charge is 2.04. The zero-order valence-corrected chi connectivity index (χ0v) is 14.8. The first-order valence-corrected chi connectivity index (χ1v) is 8.76. The van der Waals surface area contributed by atoms with Gasteiger partial charge in [0.1, 0.15) is 5.75 Å². The van der Waals surface area contributed by atoms with E-state index in [0.29, 0.717) is 18.7 Å². The maximum Gasteiger partial charge on any atom is 0.251 e. The Balaban J connectivity index is 2.27. The van der Waals surface area contributed by atoms with E-state index >= 15 is 0 Å². The van der Waals surface area contributed by atoms with Crippen LogP contribution in [0.4, 0.5) is 0 Å². The number of unbranched alkanes of at least 4 members (excludes halogenated alkanes) is 3. The highest BCUT2D eigenvalue weighted by atomic mass is 16.3. The number of carbonyl (C=O) groups is 1. The Morgan fingerprint density at radius 1 is 1.00 bits per heavy atom. The number of aromatic hydroxyl groups is 1. The third-order valence-corrected chi connectivity index (χ3v) is 3.46. The van der Waals surface area contributed by atoms with Gasteiger partial charge >= 0.3 is 0 Å². The average Bonchev–Trinajstić information content (AvgIpc) is 2.58. The molecule has 0 radical (unpaired) electrons. The van der Waals surface area contributed by atoms with E-state index in [-0.39, 0.29) is 11.7 Å². The lowest BCUT2D eigenvalue weighted by atomic mass is 10.2. The van der Waals surface area contributed by atoms with E-state index in [4.69, 9.17) is 0 Å². The van der Waals surface area contributed by atoms with Crippen LogP contribution in [0.1, 0.15) is 49.9 Å². The lowest BCUT2D eigenvalue weighted by molar-refractivity contribution is 0.0954. The van der Waals surface area contributed by atoms with Gasteiger partial charge in [0.15, 0.2) is 5.96 Å². The molecule has 0 spiro atoms. The van der Waals surface area contributed by atoms with Crippen LogP contribution in [0.2, 0.25) is 0 Å². The van der Waals surface area contributed by atoms with Crippen LogP contribution in [0.3, 0.4) is 0 Å². The number of carbonyl (C=O) groups excluding carboxylic acids is 1. The second-order valence-electron chi connectivity index (χ2n) is 5.55. The topological polar surface area (TPSA) is 85.8 Å². The number of rotatable bonds is 10. The molecule has 0 unspecified atom stereocenters. The maximum atomic E-state index is 11.9. The van der Waals surface area contributed by atoms with Gasteiger partial charge in [0.2, 0.25) is 0 Å². The standard InChI is InChI=1S/C18H30N4O2/c1-3-5-6-7-12-21-18(19-4-2)22-14-13-20-17(24)15-8-10-16(23)11-9-15/h8-11,23H,3-7,12-14H2,1-2H3,(H,20,24)(H2,19,21,22). The summed E-state index contributed by atoms with van der Waals surface area (Å²) in [6.07, 6.45) is 4.79. The van der Waals surface area contributed by atoms with Gasteiger partial charge in [0.25, 0.3) is 5.91 Å². The number of amides is 1. The van der Waals surface area contributed by atoms with Crippen molar-refractivity contribution in [2.24, 2.45) is 4.99 Å². The highest BCUT2D eigenvalue weighted by molar-refractivity contribution is 5.94. The summed E-state index contributed by atoms with van der Waals surface area (Å²) in [7, 11) is 0. The van der Waals surface area contributed by atoms with E-state index in [1.807, 2.05) is 6.92 Å². The van der Waals surface area contributed by atoms with Gasteiger partial charge in [0, 0.05) is 31.7 Å². The van der Waals surface area contributed by atoms with Gasteiger partial charge in [-0.25, -0.2) is 0 Å². The van der Waals surface area contributed by atoms with Crippen LogP contribution in [0, 0.1) is 0 Å². The number of benzene rings is 1. The van der Waals surface area contributed by atoms with Gasteiger partial charge in [0.05, 0.1) is 0 Å². The molecule has 1 aromatic carbocycles. The summed E-state index contributed by atoms with van der Waals surface area (Å²) >= 11 is 0. The van der Waals surface area contributed by atoms with Crippen molar-refractivity contribution in [3.05, 3.63) is 29.8 Å². The molecule has 0 saturated carbocycles. The molecule has 0 fully saturated rings. The SMILES string of the molecule is CCCCCCN=C(NCC)NCCNC(=O)c1ccc(O)cc1. The van der Waals surface area contributed by atoms with Crippen molar-refractivity contribution in [1.82, 2.24) is 16.0 Å². The first-order chi connectivity index (χ1) is 11.7. The molecule has 0 aliphatic heterocycles. The Kier molecular flexibility index (Phi) is 10.1. The van der Waals surface area contributed by atoms with E-state index < -0.39 is 0 Å². The second-order valence-corrected chi connectivity index (χ2v) is 5.55. The van der Waals surface area contributed by atoms with Crippen LogP contribution >= 0.6 is 0 Å². The lowest BCUT2D eigenvalue weighted by Crippen LogP contribution is -2.41. The molecule has 0 atom stereocenters. The van der Waals surface area contributed by atoms with Gasteiger partial charge in [-0.15, -0.1) is 0 Å². The van der Waals surface area contributed by atoms with E-state index in [1.54, 1.807) is 12.1 Å². The molecule has 0 aromatic heterocycles. The van der Waals surface area contributed by atoms with Gasteiger partial charge in [-0.3, -0.25) is 9.79 Å². The van der Waals surface area contributed by atoms with Gasteiger partial charge < -0.3 is 21.1 Å². The predicted molar refractivity (Wildman–Crippen MR) is 98.6 cm³/mol. The minimum absolute atomic E-state index is 0.152. The largest absolute Gasteiger partial charge is 0.508 e. The minimum atomic E-state index is -0.154. The van der Waals surface area contributed by atoms with Crippen LogP contribution in [0.25, 0.3) is 0 Å². The third kappa shape index (κ3) is 8.41. The summed E-state index contributed by atoms with van der Waals surface area (Å²) in [5, 5.41) is 18.5. The van der Waals surface area contributed by atoms with Crippen molar-refractivity contribution in [3.63, 3.8) is 0 Å². The molecule has 1 rings (SSSR count). The average molecular weight is 334 g/mol. The van der Waals surface area contributed by atoms with Crippen LogP contribution < -0.4 is 16.0 Å². The van der Waals surface area contributed by atoms with E-state index in [1.165, 1.54) is 31.4 Å².